The van der Waals surface area contributed by atoms with Gasteiger partial charge in [-0.1, -0.05) is 58.4 Å². The number of likely N-dealkylation sites (tertiary alicyclic amines) is 1. The van der Waals surface area contributed by atoms with E-state index >= 15 is 0 Å². The highest BCUT2D eigenvalue weighted by Crippen LogP contribution is 2.25. The van der Waals surface area contributed by atoms with Crippen LogP contribution in [0, 0.1) is 17.2 Å². The van der Waals surface area contributed by atoms with Crippen LogP contribution in [0.4, 0.5) is 0 Å². The second-order valence-electron chi connectivity index (χ2n) is 32.7. The van der Waals surface area contributed by atoms with Crippen LogP contribution < -0.4 is 126 Å². The van der Waals surface area contributed by atoms with Gasteiger partial charge in [0, 0.05) is 42.9 Å². The summed E-state index contributed by atoms with van der Waals surface area (Å²) < 4.78 is -1.49. The third kappa shape index (κ3) is 38.5. The van der Waals surface area contributed by atoms with E-state index in [2.05, 4.69) is 105 Å². The van der Waals surface area contributed by atoms with Gasteiger partial charge in [-0.15, -0.1) is 0 Å². The highest BCUT2D eigenvalue weighted by atomic mass is 32.1. The number of thiol groups is 2. The van der Waals surface area contributed by atoms with Crippen molar-refractivity contribution in [2.45, 2.75) is 252 Å². The number of nitrogens with two attached hydrogens (primary N) is 8. The maximum absolute atomic E-state index is 14.7. The number of aliphatic carboxylic acids is 1. The molecular weight excluding hydrogens is 1760 g/mol. The molecule has 0 aromatic heterocycles. The van der Waals surface area contributed by atoms with Gasteiger partial charge in [-0.25, -0.2) is 4.79 Å². The SMILES string of the molecule is CC[C@H](C)[C@H](NC(=O)[C@@H]1C[C@@H](O)CN1C(=O)[C@@H](N)C(C)C)C(=O)N[C@H](C(=O)N[C@@H](Cc1ccc(O)cc1)C(=O)N[C@H](C(=O)N[C@@H](CC(N)=O)C(=O)N[C@@H](CCCNC(=N)N)C(=O)N[C@@H](CCN)C(=O)N[C@@H](CO)C(=O)N[C@H](CCN)C(=O)N[C@@H](CCCCN)C(=O)N[C@@H](CCN)C(=O)N[C@@H](CCN)C(=O)N[C@@H](CS)C(=O)N[C@@H](Cc1ccc(O)cc1)C(=O)O)[C@@H](C)O)C(C)(C)S. The molecule has 48 nitrogen and oxygen atoms in total. The fourth-order valence-corrected chi connectivity index (χ4v) is 13.8. The molecule has 0 spiro atoms. The summed E-state index contributed by atoms with van der Waals surface area (Å²) >= 11 is 8.79. The van der Waals surface area contributed by atoms with E-state index in [1.807, 2.05) is 0 Å². The molecule has 50 heteroatoms. The molecular formula is C81H135N25O23S2. The molecule has 0 saturated carbocycles. The summed E-state index contributed by atoms with van der Waals surface area (Å²) in [5.41, 5.74) is 47.2. The van der Waals surface area contributed by atoms with Gasteiger partial charge < -0.3 is 161 Å². The van der Waals surface area contributed by atoms with Crippen LogP contribution in [0.2, 0.25) is 0 Å². The smallest absolute Gasteiger partial charge is 0.326 e. The number of benzene rings is 2. The Labute approximate surface area is 769 Å². The van der Waals surface area contributed by atoms with Crippen LogP contribution >= 0.6 is 25.3 Å². The molecule has 1 fully saturated rings. The van der Waals surface area contributed by atoms with Gasteiger partial charge in [0.2, 0.25) is 94.5 Å². The van der Waals surface area contributed by atoms with Gasteiger partial charge in [0.25, 0.3) is 0 Å². The molecule has 1 heterocycles. The number of carboxylic acids is 1. The Morgan fingerprint density at radius 3 is 1.25 bits per heavy atom. The Bertz CT molecular complexity index is 4180. The molecule has 19 atom stereocenters. The Kier molecular flexibility index (Phi) is 49.6. The number of phenolic OH excluding ortho intramolecular Hbond substituents is 2. The number of guanidine groups is 1. The maximum atomic E-state index is 14.7. The van der Waals surface area contributed by atoms with Gasteiger partial charge in [0.15, 0.2) is 5.96 Å². The molecule has 131 heavy (non-hydrogen) atoms. The van der Waals surface area contributed by atoms with E-state index in [4.69, 9.17) is 51.3 Å². The first-order valence-electron chi connectivity index (χ1n) is 42.9. The minimum Gasteiger partial charge on any atom is -0.508 e. The first kappa shape index (κ1) is 114. The molecule has 734 valence electrons. The van der Waals surface area contributed by atoms with Crippen LogP contribution in [-0.4, -0.2) is 314 Å². The van der Waals surface area contributed by atoms with Crippen LogP contribution in [0.1, 0.15) is 137 Å². The summed E-state index contributed by atoms with van der Waals surface area (Å²) in [5.74, 6) is -20.5. The topological polar surface area (TPSA) is 827 Å². The molecule has 2 aromatic rings. The van der Waals surface area contributed by atoms with Crippen molar-refractivity contribution in [3.8, 4) is 11.5 Å². The molecule has 1 saturated heterocycles. The number of nitrogens with one attached hydrogen (secondary N) is 16. The highest BCUT2D eigenvalue weighted by Gasteiger charge is 2.46. The van der Waals surface area contributed by atoms with Crippen molar-refractivity contribution in [1.29, 1.82) is 5.41 Å². The molecule has 0 aliphatic carbocycles. The van der Waals surface area contributed by atoms with Gasteiger partial charge in [0.05, 0.1) is 31.3 Å². The molecule has 2 aromatic carbocycles. The number of β-amino-alcohol motifs (C(OH)–C–C–N with tert-alkyl or cyclic N) is 1. The summed E-state index contributed by atoms with van der Waals surface area (Å²) in [6.45, 7) is 8.22. The zero-order valence-electron chi connectivity index (χ0n) is 74.5. The van der Waals surface area contributed by atoms with Gasteiger partial charge >= 0.3 is 5.97 Å². The third-order valence-electron chi connectivity index (χ3n) is 21.2. The van der Waals surface area contributed by atoms with Gasteiger partial charge in [0.1, 0.15) is 102 Å². The van der Waals surface area contributed by atoms with E-state index in [1.54, 1.807) is 27.7 Å². The minimum absolute atomic E-state index is 0.0836. The molecule has 1 aliphatic rings. The lowest BCUT2D eigenvalue weighted by atomic mass is 9.95. The number of phenols is 2. The average Bonchev–Trinajstić information content (AvgIpc) is 1.66. The fourth-order valence-electron chi connectivity index (χ4n) is 13.4. The summed E-state index contributed by atoms with van der Waals surface area (Å²) in [5, 5.41) is 106. The summed E-state index contributed by atoms with van der Waals surface area (Å²) in [4.78, 5) is 239. The number of nitrogens with zero attached hydrogens (tertiary/aromatic N) is 1. The van der Waals surface area contributed by atoms with Crippen molar-refractivity contribution in [1.82, 2.24) is 84.7 Å². The molecule has 0 unspecified atom stereocenters. The van der Waals surface area contributed by atoms with E-state index in [0.717, 1.165) is 11.8 Å². The van der Waals surface area contributed by atoms with E-state index in [-0.39, 0.29) is 132 Å². The maximum Gasteiger partial charge on any atom is 0.326 e. The van der Waals surface area contributed by atoms with E-state index in [0.29, 0.717) is 18.4 Å². The zero-order chi connectivity index (χ0) is 98.9. The molecule has 0 radical (unpaired) electrons. The number of carbonyl (C=O) groups excluding carboxylic acids is 16. The normalized spacial score (nSPS) is 17.0. The number of rotatable bonds is 59. The van der Waals surface area contributed by atoms with Crippen LogP contribution in [0.3, 0.4) is 0 Å². The third-order valence-corrected chi connectivity index (χ3v) is 21.8. The van der Waals surface area contributed by atoms with Crippen LogP contribution in [0.15, 0.2) is 48.5 Å². The predicted molar refractivity (Wildman–Crippen MR) is 483 cm³/mol. The number of aromatic hydroxyl groups is 2. The van der Waals surface area contributed by atoms with Crippen molar-refractivity contribution >= 4 is 132 Å². The van der Waals surface area contributed by atoms with Crippen molar-refractivity contribution in [2.75, 3.05) is 58.2 Å². The second-order valence-corrected chi connectivity index (χ2v) is 34.2. The van der Waals surface area contributed by atoms with Gasteiger partial charge in [-0.2, -0.15) is 25.3 Å². The van der Waals surface area contributed by atoms with Crippen molar-refractivity contribution in [3.05, 3.63) is 59.7 Å². The highest BCUT2D eigenvalue weighted by molar-refractivity contribution is 7.81. The van der Waals surface area contributed by atoms with E-state index in [1.165, 1.54) is 62.4 Å². The van der Waals surface area contributed by atoms with Crippen molar-refractivity contribution in [3.63, 3.8) is 0 Å². The number of aliphatic hydroxyl groups is 3. The number of primary amides is 1. The van der Waals surface area contributed by atoms with Crippen molar-refractivity contribution in [2.24, 2.45) is 57.7 Å². The largest absolute Gasteiger partial charge is 0.508 e. The van der Waals surface area contributed by atoms with E-state index in [9.17, 15) is 112 Å². The minimum atomic E-state index is -2.07. The first-order chi connectivity index (χ1) is 61.6. The Hall–Kier alpha value is -11.4. The monoisotopic (exact) mass is 1890 g/mol. The first-order valence-corrected chi connectivity index (χ1v) is 44.0. The van der Waals surface area contributed by atoms with Gasteiger partial charge in [-0.05, 0) is 159 Å². The lowest BCUT2D eigenvalue weighted by Gasteiger charge is -2.34. The molecule has 3 rings (SSSR count). The lowest BCUT2D eigenvalue weighted by molar-refractivity contribution is -0.142. The molecule has 16 amide bonds. The number of unbranched alkanes of at least 4 members (excludes halogenated alkanes) is 1. The van der Waals surface area contributed by atoms with E-state index < -0.39 is 252 Å². The Morgan fingerprint density at radius 2 is 0.863 bits per heavy atom. The summed E-state index contributed by atoms with van der Waals surface area (Å²) in [6.07, 6.45) is -5.89. The number of hydrogen-bond acceptors (Lipinski definition) is 31. The van der Waals surface area contributed by atoms with Crippen LogP contribution in [-0.2, 0) is 94.3 Å². The zero-order valence-corrected chi connectivity index (χ0v) is 76.3. The lowest BCUT2D eigenvalue weighted by Crippen LogP contribution is -2.64. The second kappa shape index (κ2) is 57.1. The predicted octanol–water partition coefficient (Wildman–Crippen LogP) is -10.6. The number of amides is 16. The Morgan fingerprint density at radius 1 is 0.489 bits per heavy atom. The standard InChI is InChI=1S/C81H135N25O23S2/c1-8-40(4)61(103-74(123)58-34-46(111)36-106(58)78(127)60(88)39(2)3)75(124)105-63(81(6,7)131)77(126)99-53(32-42-14-18-44(109)19-15-42)71(120)104-62(41(5)108)76(125)98-54(35-59(87)112)70(119)93-48(13-11-31-91-80(89)90)65(114)95-51(24-29-85)68(117)101-56(37-107)72(121)97-50(23-28-84)66(115)92-47(12-9-10-26-82)64(113)94-49(22-27-83)67(116)96-52(25-30-86)69(118)102-57(38-130)73(122)100-55(79(128)129)33-43-16-20-45(110)21-17-43/h14-21,39-41,46-58,60-63,107-111,130-131H,8-13,22-38,82-86,88H2,1-7H3,(H2,87,112)(H,92,115)(H,93,119)(H,94,113)(H,95,114)(H,96,116)(H,97,121)(H,98,125)(H,99,126)(H,100,122)(H,101,117)(H,102,118)(H,103,123)(H,104,120)(H,105,124)(H,128,129)(H4,89,90,91)/t40-,41+,46+,47-,48-,49-,50+,51-,52-,53-,54-,55-,56-,57-,58-,60-,61-,62-,63+/m0/s1. The summed E-state index contributed by atoms with van der Waals surface area (Å²) in [6, 6.07) is -14.8. The van der Waals surface area contributed by atoms with Crippen LogP contribution in [0.5, 0.6) is 11.5 Å². The Balaban J connectivity index is 1.90. The summed E-state index contributed by atoms with van der Waals surface area (Å²) in [7, 11) is 0. The van der Waals surface area contributed by atoms with Crippen LogP contribution in [0.25, 0.3) is 0 Å². The molecule has 0 bridgehead atoms. The molecule has 38 N–H and O–H groups in total. The fraction of sp³-hybridized carbons (Fsp3) is 0.630. The van der Waals surface area contributed by atoms with Gasteiger partial charge in [-0.3, -0.25) is 82.1 Å². The van der Waals surface area contributed by atoms with Crippen molar-refractivity contribution < 1.29 is 112 Å². The molecule has 1 aliphatic heterocycles. The average molecular weight is 1890 g/mol. The number of carboxylic acid groups (broad SMARTS) is 1. The quantitative estimate of drug-likeness (QED) is 0.0127. The number of carbonyl (C=O) groups is 17. The number of hydrogen-bond donors (Lipinski definition) is 32. The number of aliphatic hydroxyl groups excluding tert-OH is 3.